The molecule has 0 fully saturated rings. The second-order valence-corrected chi connectivity index (χ2v) is 6.68. The topological polar surface area (TPSA) is 92.9 Å². The number of nitrogens with zero attached hydrogens (tertiary/aromatic N) is 2. The Hall–Kier alpha value is -3.78. The van der Waals surface area contributed by atoms with Crippen molar-refractivity contribution in [3.8, 4) is 5.75 Å². The number of aromatic nitrogens is 2. The molecule has 0 spiro atoms. The number of phenolic OH excluding ortho intramolecular Hbond substituents is 1. The highest BCUT2D eigenvalue weighted by Gasteiger charge is 2.18. The molecule has 0 amide bonds. The summed E-state index contributed by atoms with van der Waals surface area (Å²) in [6.07, 6.45) is 1.35. The van der Waals surface area contributed by atoms with E-state index in [0.29, 0.717) is 35.4 Å². The van der Waals surface area contributed by atoms with Crippen LogP contribution in [0.5, 0.6) is 5.75 Å². The largest absolute Gasteiger partial charge is 0.507 e. The maximum atomic E-state index is 13.6. The molecule has 2 heterocycles. The highest BCUT2D eigenvalue weighted by atomic mass is 19.1. The Morgan fingerprint density at radius 3 is 2.83 bits per heavy atom. The molecule has 7 nitrogen and oxygen atoms in total. The van der Waals surface area contributed by atoms with Crippen LogP contribution in [0.2, 0.25) is 0 Å². The van der Waals surface area contributed by atoms with Crippen LogP contribution < -0.4 is 10.9 Å². The molecule has 2 N–H and O–H groups in total. The van der Waals surface area contributed by atoms with Gasteiger partial charge in [-0.1, -0.05) is 12.1 Å². The van der Waals surface area contributed by atoms with Crippen LogP contribution in [0, 0.1) is 5.82 Å². The second-order valence-electron chi connectivity index (χ2n) is 6.68. The number of hydrogen-bond acceptors (Lipinski definition) is 6. The molecule has 0 aliphatic rings. The number of methoxy groups -OCH3 is 1. The number of ether oxygens (including phenoxy) is 1. The predicted octanol–water partition coefficient (Wildman–Crippen LogP) is 2.98. The fourth-order valence-corrected chi connectivity index (χ4v) is 3.24. The van der Waals surface area contributed by atoms with E-state index in [0.717, 1.165) is 18.2 Å². The first-order valence-electron chi connectivity index (χ1n) is 9.21. The third-order valence-electron chi connectivity index (χ3n) is 4.70. The molecule has 0 unspecified atom stereocenters. The summed E-state index contributed by atoms with van der Waals surface area (Å²) in [6.45, 7) is 0.810. The third kappa shape index (κ3) is 3.48. The summed E-state index contributed by atoms with van der Waals surface area (Å²) in [7, 11) is 1.56. The summed E-state index contributed by atoms with van der Waals surface area (Å²) in [5.41, 5.74) is 0.871. The van der Waals surface area contributed by atoms with Crippen LogP contribution in [0.1, 0.15) is 15.9 Å². The van der Waals surface area contributed by atoms with Crippen molar-refractivity contribution in [2.75, 3.05) is 25.6 Å². The van der Waals surface area contributed by atoms with Gasteiger partial charge < -0.3 is 15.2 Å². The molecule has 0 saturated heterocycles. The normalized spacial score (nSPS) is 11.1. The van der Waals surface area contributed by atoms with Crippen molar-refractivity contribution < 1.29 is 19.0 Å². The van der Waals surface area contributed by atoms with E-state index in [1.54, 1.807) is 31.4 Å². The predicted molar refractivity (Wildman–Crippen MR) is 111 cm³/mol. The number of anilines is 1. The molecular formula is C22H18FN3O4. The number of hydrogen-bond donors (Lipinski definition) is 2. The lowest BCUT2D eigenvalue weighted by Gasteiger charge is -2.13. The number of para-hydroxylation sites is 1. The number of carbonyl (C=O) groups is 1. The number of rotatable bonds is 6. The summed E-state index contributed by atoms with van der Waals surface area (Å²) in [4.78, 5) is 30.6. The number of halogens is 1. The Balaban J connectivity index is 1.95. The van der Waals surface area contributed by atoms with E-state index in [9.17, 15) is 19.1 Å². The van der Waals surface area contributed by atoms with Gasteiger partial charge in [0, 0.05) is 25.4 Å². The van der Waals surface area contributed by atoms with Crippen molar-refractivity contribution >= 4 is 28.0 Å². The first-order chi connectivity index (χ1) is 14.5. The molecule has 4 aromatic rings. The number of phenols is 1. The lowest BCUT2D eigenvalue weighted by atomic mass is 10.0. The summed E-state index contributed by atoms with van der Waals surface area (Å²) >= 11 is 0. The lowest BCUT2D eigenvalue weighted by molar-refractivity contribution is 0.103. The molecule has 0 atom stereocenters. The van der Waals surface area contributed by atoms with Crippen LogP contribution in [0.3, 0.4) is 0 Å². The van der Waals surface area contributed by atoms with Gasteiger partial charge in [0.1, 0.15) is 11.6 Å². The fourth-order valence-electron chi connectivity index (χ4n) is 3.24. The monoisotopic (exact) mass is 407 g/mol. The molecule has 0 aliphatic heterocycles. The van der Waals surface area contributed by atoms with Gasteiger partial charge in [-0.15, -0.1) is 0 Å². The van der Waals surface area contributed by atoms with Gasteiger partial charge in [0.25, 0.3) is 5.56 Å². The Labute approximate surface area is 170 Å². The van der Waals surface area contributed by atoms with E-state index < -0.39 is 11.6 Å². The summed E-state index contributed by atoms with van der Waals surface area (Å²) in [6, 6.07) is 11.6. The Bertz CT molecular complexity index is 1330. The van der Waals surface area contributed by atoms with Gasteiger partial charge in [-0.05, 0) is 36.4 Å². The Morgan fingerprint density at radius 1 is 1.23 bits per heavy atom. The minimum absolute atomic E-state index is 0.0995. The molecule has 0 aliphatic carbocycles. The molecular weight excluding hydrogens is 389 g/mol. The van der Waals surface area contributed by atoms with Crippen molar-refractivity contribution in [2.45, 2.75) is 0 Å². The van der Waals surface area contributed by atoms with Crippen LogP contribution in [-0.2, 0) is 4.74 Å². The van der Waals surface area contributed by atoms with Gasteiger partial charge in [-0.2, -0.15) is 0 Å². The quantitative estimate of drug-likeness (QED) is 0.290. The van der Waals surface area contributed by atoms with Crippen molar-refractivity contribution in [3.05, 3.63) is 82.0 Å². The number of nitrogens with one attached hydrogen (secondary N) is 1. The standard InChI is InChI=1S/C22H18FN3O4/c1-30-9-8-24-18-10-13(20(28)16-11-14(23)6-7-19(16)27)12-26-21(18)25-17-5-3-2-4-15(17)22(26)29/h2-7,10-12,24,27H,8-9H2,1H3. The highest BCUT2D eigenvalue weighted by molar-refractivity contribution is 6.11. The zero-order chi connectivity index (χ0) is 21.3. The van der Waals surface area contributed by atoms with E-state index in [1.807, 2.05) is 0 Å². The van der Waals surface area contributed by atoms with E-state index >= 15 is 0 Å². The summed E-state index contributed by atoms with van der Waals surface area (Å²) < 4.78 is 20.0. The van der Waals surface area contributed by atoms with Gasteiger partial charge in [0.2, 0.25) is 0 Å². The summed E-state index contributed by atoms with van der Waals surface area (Å²) in [5.74, 6) is -1.62. The maximum absolute atomic E-state index is 13.6. The Morgan fingerprint density at radius 2 is 2.03 bits per heavy atom. The highest BCUT2D eigenvalue weighted by Crippen LogP contribution is 2.25. The van der Waals surface area contributed by atoms with Crippen LogP contribution >= 0.6 is 0 Å². The second kappa shape index (κ2) is 7.92. The lowest BCUT2D eigenvalue weighted by Crippen LogP contribution is -2.19. The van der Waals surface area contributed by atoms with E-state index in [1.165, 1.54) is 16.7 Å². The number of aromatic hydroxyl groups is 1. The van der Waals surface area contributed by atoms with Gasteiger partial charge in [0.15, 0.2) is 11.4 Å². The molecule has 2 aromatic heterocycles. The number of pyridine rings is 1. The van der Waals surface area contributed by atoms with Crippen molar-refractivity contribution in [2.24, 2.45) is 0 Å². The van der Waals surface area contributed by atoms with Crippen LogP contribution in [0.25, 0.3) is 16.6 Å². The third-order valence-corrected chi connectivity index (χ3v) is 4.70. The van der Waals surface area contributed by atoms with Gasteiger partial charge in [-0.25, -0.2) is 9.37 Å². The molecule has 30 heavy (non-hydrogen) atoms. The van der Waals surface area contributed by atoms with Gasteiger partial charge in [0.05, 0.1) is 28.8 Å². The maximum Gasteiger partial charge on any atom is 0.265 e. The number of fused-ring (bicyclic) bond motifs is 2. The summed E-state index contributed by atoms with van der Waals surface area (Å²) in [5, 5.41) is 13.5. The van der Waals surface area contributed by atoms with Gasteiger partial charge >= 0.3 is 0 Å². The van der Waals surface area contributed by atoms with Crippen molar-refractivity contribution in [1.29, 1.82) is 0 Å². The van der Waals surface area contributed by atoms with E-state index in [-0.39, 0.29) is 22.4 Å². The zero-order valence-electron chi connectivity index (χ0n) is 16.1. The molecule has 0 saturated carbocycles. The number of benzene rings is 2. The average molecular weight is 407 g/mol. The van der Waals surface area contributed by atoms with Crippen LogP contribution in [-0.4, -0.2) is 40.5 Å². The first-order valence-corrected chi connectivity index (χ1v) is 9.21. The minimum Gasteiger partial charge on any atom is -0.507 e. The molecule has 2 aromatic carbocycles. The molecule has 8 heteroatoms. The minimum atomic E-state index is -0.653. The van der Waals surface area contributed by atoms with Crippen molar-refractivity contribution in [3.63, 3.8) is 0 Å². The molecule has 4 rings (SSSR count). The molecule has 152 valence electrons. The van der Waals surface area contributed by atoms with Gasteiger partial charge in [-0.3, -0.25) is 14.0 Å². The SMILES string of the molecule is COCCNc1cc(C(=O)c2cc(F)ccc2O)cn2c(=O)c3ccccc3nc12. The average Bonchev–Trinajstić information content (AvgIpc) is 2.75. The van der Waals surface area contributed by atoms with Crippen molar-refractivity contribution in [1.82, 2.24) is 9.38 Å². The molecule has 0 bridgehead atoms. The van der Waals surface area contributed by atoms with Crippen LogP contribution in [0.4, 0.5) is 10.1 Å². The first kappa shape index (κ1) is 19.5. The zero-order valence-corrected chi connectivity index (χ0v) is 16.1. The fraction of sp³-hybridized carbons (Fsp3) is 0.136. The van der Waals surface area contributed by atoms with E-state index in [2.05, 4.69) is 10.3 Å². The van der Waals surface area contributed by atoms with Crippen LogP contribution in [0.15, 0.2) is 59.5 Å². The van der Waals surface area contributed by atoms with E-state index in [4.69, 9.17) is 4.74 Å². The Kier molecular flexibility index (Phi) is 5.16. The number of carbonyl (C=O) groups excluding carboxylic acids is 1. The molecule has 0 radical (unpaired) electrons. The smallest absolute Gasteiger partial charge is 0.265 e. The number of ketones is 1.